The summed E-state index contributed by atoms with van der Waals surface area (Å²) in [4.78, 5) is 13.6. The SMILES string of the molecule is COC(=O)C1=CO[C@H](OC(=S)N(C)C)C2C1CC1O[C@@]12C. The summed E-state index contributed by atoms with van der Waals surface area (Å²) >= 11 is 5.18. The summed E-state index contributed by atoms with van der Waals surface area (Å²) in [6.07, 6.45) is 1.82. The molecule has 3 unspecified atom stereocenters. The minimum absolute atomic E-state index is 0.0184. The molecule has 2 heterocycles. The van der Waals surface area contributed by atoms with E-state index in [4.69, 9.17) is 31.2 Å². The molecule has 0 aromatic heterocycles. The molecule has 3 rings (SSSR count). The molecule has 1 aliphatic carbocycles. The lowest BCUT2D eigenvalue weighted by Gasteiger charge is -2.36. The van der Waals surface area contributed by atoms with Gasteiger partial charge in [0.1, 0.15) is 5.60 Å². The average Bonchev–Trinajstić information content (AvgIpc) is 3.00. The minimum Gasteiger partial charge on any atom is -0.466 e. The number of carbonyl (C=O) groups excluding carboxylic acids is 1. The van der Waals surface area contributed by atoms with Crippen LogP contribution in [0.3, 0.4) is 0 Å². The van der Waals surface area contributed by atoms with E-state index in [0.717, 1.165) is 6.42 Å². The maximum atomic E-state index is 11.9. The fourth-order valence-electron chi connectivity index (χ4n) is 3.34. The molecule has 3 aliphatic rings. The number of hydrogen-bond donors (Lipinski definition) is 0. The molecule has 1 saturated heterocycles. The molecule has 5 atom stereocenters. The summed E-state index contributed by atoms with van der Waals surface area (Å²) in [6, 6.07) is 0. The molecule has 6 nitrogen and oxygen atoms in total. The largest absolute Gasteiger partial charge is 0.466 e. The Morgan fingerprint density at radius 1 is 1.52 bits per heavy atom. The van der Waals surface area contributed by atoms with Gasteiger partial charge in [0.05, 0.1) is 31.0 Å². The zero-order valence-corrected chi connectivity index (χ0v) is 13.3. The van der Waals surface area contributed by atoms with Crippen LogP contribution in [0.5, 0.6) is 0 Å². The van der Waals surface area contributed by atoms with Crippen LogP contribution in [-0.2, 0) is 23.7 Å². The Morgan fingerprint density at radius 3 is 2.86 bits per heavy atom. The van der Waals surface area contributed by atoms with E-state index in [0.29, 0.717) is 10.7 Å². The third kappa shape index (κ3) is 2.19. The van der Waals surface area contributed by atoms with Crippen molar-refractivity contribution in [3.05, 3.63) is 11.8 Å². The van der Waals surface area contributed by atoms with Crippen molar-refractivity contribution in [3.8, 4) is 0 Å². The first-order valence-corrected chi connectivity index (χ1v) is 7.29. The molecular weight excluding hydrogens is 294 g/mol. The summed E-state index contributed by atoms with van der Waals surface area (Å²) in [5.74, 6) is -0.409. The Morgan fingerprint density at radius 2 is 2.24 bits per heavy atom. The van der Waals surface area contributed by atoms with Gasteiger partial charge in [0.25, 0.3) is 5.17 Å². The van der Waals surface area contributed by atoms with Crippen molar-refractivity contribution in [3.63, 3.8) is 0 Å². The van der Waals surface area contributed by atoms with Crippen LogP contribution in [0.2, 0.25) is 0 Å². The number of nitrogens with zero attached hydrogens (tertiary/aromatic N) is 1. The third-order valence-corrected chi connectivity index (χ3v) is 5.03. The molecule has 0 spiro atoms. The fraction of sp³-hybridized carbons (Fsp3) is 0.714. The van der Waals surface area contributed by atoms with Crippen molar-refractivity contribution in [2.75, 3.05) is 21.2 Å². The molecule has 0 N–H and O–H groups in total. The summed E-state index contributed by atoms with van der Waals surface area (Å²) in [5.41, 5.74) is 0.236. The number of methoxy groups -OCH3 is 1. The highest BCUT2D eigenvalue weighted by Gasteiger charge is 2.70. The molecule has 21 heavy (non-hydrogen) atoms. The van der Waals surface area contributed by atoms with Gasteiger partial charge in [0.2, 0.25) is 6.29 Å². The van der Waals surface area contributed by atoms with Crippen LogP contribution in [0.1, 0.15) is 13.3 Å². The van der Waals surface area contributed by atoms with Crippen LogP contribution < -0.4 is 0 Å². The van der Waals surface area contributed by atoms with Crippen molar-refractivity contribution in [2.45, 2.75) is 31.3 Å². The predicted molar refractivity (Wildman–Crippen MR) is 77.2 cm³/mol. The van der Waals surface area contributed by atoms with Gasteiger partial charge in [-0.15, -0.1) is 0 Å². The second kappa shape index (κ2) is 4.84. The van der Waals surface area contributed by atoms with Crippen molar-refractivity contribution < 1.29 is 23.7 Å². The van der Waals surface area contributed by atoms with E-state index in [1.165, 1.54) is 13.4 Å². The molecule has 0 amide bonds. The van der Waals surface area contributed by atoms with E-state index in [-0.39, 0.29) is 29.5 Å². The van der Waals surface area contributed by atoms with Gasteiger partial charge in [-0.3, -0.25) is 0 Å². The van der Waals surface area contributed by atoms with Crippen LogP contribution in [0.4, 0.5) is 0 Å². The number of rotatable bonds is 2. The minimum atomic E-state index is -0.546. The van der Waals surface area contributed by atoms with Crippen molar-refractivity contribution in [2.24, 2.45) is 11.8 Å². The molecular formula is C14H19NO5S. The highest BCUT2D eigenvalue weighted by Crippen LogP contribution is 2.61. The van der Waals surface area contributed by atoms with Crippen molar-refractivity contribution in [1.29, 1.82) is 0 Å². The number of fused-ring (bicyclic) bond motifs is 3. The molecule has 2 aliphatic heterocycles. The Labute approximate surface area is 129 Å². The number of ether oxygens (including phenoxy) is 4. The molecule has 0 bridgehead atoms. The van der Waals surface area contributed by atoms with E-state index in [1.807, 2.05) is 21.0 Å². The second-order valence-electron chi connectivity index (χ2n) is 6.01. The third-order valence-electron chi connectivity index (χ3n) is 4.57. The number of thiocarbonyl (C=S) groups is 1. The van der Waals surface area contributed by atoms with Gasteiger partial charge in [-0.25, -0.2) is 4.79 Å². The lowest BCUT2D eigenvalue weighted by molar-refractivity contribution is -0.147. The molecule has 0 aromatic rings. The Hall–Kier alpha value is -1.34. The monoisotopic (exact) mass is 313 g/mol. The first-order valence-electron chi connectivity index (χ1n) is 6.88. The Kier molecular flexibility index (Phi) is 3.37. The Bertz CT molecular complexity index is 519. The topological polar surface area (TPSA) is 60.5 Å². The molecule has 116 valence electrons. The second-order valence-corrected chi connectivity index (χ2v) is 6.35. The summed E-state index contributed by atoms with van der Waals surface area (Å²) in [7, 11) is 4.99. The maximum absolute atomic E-state index is 11.9. The highest BCUT2D eigenvalue weighted by atomic mass is 32.1. The molecule has 0 radical (unpaired) electrons. The molecule has 0 aromatic carbocycles. The Balaban J connectivity index is 1.85. The van der Waals surface area contributed by atoms with Crippen LogP contribution in [0.15, 0.2) is 11.8 Å². The summed E-state index contributed by atoms with van der Waals surface area (Å²) < 4.78 is 22.0. The van der Waals surface area contributed by atoms with Gasteiger partial charge in [0, 0.05) is 20.0 Å². The molecule has 2 fully saturated rings. The van der Waals surface area contributed by atoms with E-state index in [2.05, 4.69) is 0 Å². The predicted octanol–water partition coefficient (Wildman–Crippen LogP) is 1.06. The smallest absolute Gasteiger partial charge is 0.337 e. The standard InChI is InChI=1S/C14H19NO5S/c1-14-9(20-14)5-7-8(11(16)17-4)6-18-12(10(7)14)19-13(21)15(2)3/h6-7,9-10,12H,5H2,1-4H3/t7?,9?,10?,12-,14+/m1/s1. The highest BCUT2D eigenvalue weighted by molar-refractivity contribution is 7.80. The quantitative estimate of drug-likeness (QED) is 0.429. The average molecular weight is 313 g/mol. The number of epoxide rings is 1. The van der Waals surface area contributed by atoms with Gasteiger partial charge >= 0.3 is 5.97 Å². The zero-order chi connectivity index (χ0) is 15.4. The first kappa shape index (κ1) is 14.6. The van der Waals surface area contributed by atoms with Crippen LogP contribution >= 0.6 is 12.2 Å². The number of esters is 1. The first-order chi connectivity index (χ1) is 9.88. The van der Waals surface area contributed by atoms with E-state index in [9.17, 15) is 4.79 Å². The van der Waals surface area contributed by atoms with Gasteiger partial charge < -0.3 is 23.8 Å². The maximum Gasteiger partial charge on any atom is 0.337 e. The van der Waals surface area contributed by atoms with Gasteiger partial charge in [-0.05, 0) is 25.6 Å². The van der Waals surface area contributed by atoms with Crippen LogP contribution in [0, 0.1) is 11.8 Å². The van der Waals surface area contributed by atoms with Gasteiger partial charge in [-0.2, -0.15) is 0 Å². The van der Waals surface area contributed by atoms with Crippen LogP contribution in [-0.4, -0.2) is 55.2 Å². The van der Waals surface area contributed by atoms with E-state index in [1.54, 1.807) is 4.90 Å². The van der Waals surface area contributed by atoms with Crippen molar-refractivity contribution >= 4 is 23.4 Å². The lowest BCUT2D eigenvalue weighted by atomic mass is 9.82. The fourth-order valence-corrected chi connectivity index (χ4v) is 3.44. The molecule has 1 saturated carbocycles. The van der Waals surface area contributed by atoms with Gasteiger partial charge in [0.15, 0.2) is 0 Å². The van der Waals surface area contributed by atoms with Gasteiger partial charge in [-0.1, -0.05) is 0 Å². The summed E-state index contributed by atoms with van der Waals surface area (Å²) in [5, 5.41) is 0.348. The van der Waals surface area contributed by atoms with E-state index >= 15 is 0 Å². The normalized spacial score (nSPS) is 39.3. The van der Waals surface area contributed by atoms with Crippen molar-refractivity contribution in [1.82, 2.24) is 4.90 Å². The number of hydrogen-bond acceptors (Lipinski definition) is 6. The lowest BCUT2D eigenvalue weighted by Crippen LogP contribution is -2.44. The molecule has 7 heteroatoms. The van der Waals surface area contributed by atoms with Crippen LogP contribution in [0.25, 0.3) is 0 Å². The number of carbonyl (C=O) groups is 1. The summed E-state index contributed by atoms with van der Waals surface area (Å²) in [6.45, 7) is 2.03. The van der Waals surface area contributed by atoms with E-state index < -0.39 is 6.29 Å². The zero-order valence-electron chi connectivity index (χ0n) is 12.5.